The van der Waals surface area contributed by atoms with Crippen LogP contribution in [0.5, 0.6) is 0 Å². The van der Waals surface area contributed by atoms with Gasteiger partial charge < -0.3 is 0 Å². The van der Waals surface area contributed by atoms with Crippen molar-refractivity contribution < 1.29 is 0 Å². The summed E-state index contributed by atoms with van der Waals surface area (Å²) in [6.45, 7) is 12.1. The van der Waals surface area contributed by atoms with Crippen LogP contribution in [0.3, 0.4) is 0 Å². The van der Waals surface area contributed by atoms with Crippen molar-refractivity contribution in [3.63, 3.8) is 0 Å². The van der Waals surface area contributed by atoms with Gasteiger partial charge in [-0.15, -0.1) is 0 Å². The Bertz CT molecular complexity index is 192. The minimum atomic E-state index is 0.874. The molecule has 1 aliphatic carbocycles. The summed E-state index contributed by atoms with van der Waals surface area (Å²) in [5.41, 5.74) is 0. The van der Waals surface area contributed by atoms with Crippen LogP contribution in [0, 0.1) is 29.6 Å². The van der Waals surface area contributed by atoms with E-state index in [2.05, 4.69) is 34.6 Å². The van der Waals surface area contributed by atoms with Gasteiger partial charge in [-0.2, -0.15) is 0 Å². The Morgan fingerprint density at radius 1 is 0.882 bits per heavy atom. The number of hydrogen-bond donors (Lipinski definition) is 0. The molecule has 0 aromatic heterocycles. The maximum Gasteiger partial charge on any atom is -0.0362 e. The van der Waals surface area contributed by atoms with Crippen LogP contribution in [0.15, 0.2) is 0 Å². The molecule has 0 aromatic rings. The van der Waals surface area contributed by atoms with Crippen molar-refractivity contribution in [2.24, 2.45) is 29.6 Å². The Morgan fingerprint density at radius 2 is 1.53 bits per heavy atom. The predicted molar refractivity (Wildman–Crippen MR) is 78.1 cm³/mol. The summed E-state index contributed by atoms with van der Waals surface area (Å²) in [4.78, 5) is 0. The molecule has 0 spiro atoms. The average Bonchev–Trinajstić information content (AvgIpc) is 2.29. The monoisotopic (exact) mass is 238 g/mol. The predicted octanol–water partition coefficient (Wildman–Crippen LogP) is 5.91. The third-order valence-corrected chi connectivity index (χ3v) is 4.75. The summed E-state index contributed by atoms with van der Waals surface area (Å²) < 4.78 is 0. The first kappa shape index (κ1) is 15.1. The maximum absolute atomic E-state index is 2.46. The van der Waals surface area contributed by atoms with Gasteiger partial charge in [0.05, 0.1) is 0 Å². The fraction of sp³-hybridized carbons (Fsp3) is 1.00. The van der Waals surface area contributed by atoms with Crippen LogP contribution in [-0.4, -0.2) is 0 Å². The second kappa shape index (κ2) is 7.44. The molecule has 1 aliphatic rings. The third-order valence-electron chi connectivity index (χ3n) is 4.75. The quantitative estimate of drug-likeness (QED) is 0.573. The molecule has 0 radical (unpaired) electrons. The van der Waals surface area contributed by atoms with E-state index in [0.717, 1.165) is 29.6 Å². The highest BCUT2D eigenvalue weighted by molar-refractivity contribution is 4.77. The molecule has 3 unspecified atom stereocenters. The first-order valence-electron chi connectivity index (χ1n) is 8.00. The molecule has 1 saturated carbocycles. The van der Waals surface area contributed by atoms with Crippen molar-refractivity contribution in [1.82, 2.24) is 0 Å². The Morgan fingerprint density at radius 3 is 2.12 bits per heavy atom. The van der Waals surface area contributed by atoms with E-state index in [1.807, 2.05) is 0 Å². The van der Waals surface area contributed by atoms with E-state index in [0.29, 0.717) is 0 Å². The molecule has 102 valence electrons. The van der Waals surface area contributed by atoms with Crippen molar-refractivity contribution in [3.8, 4) is 0 Å². The second-order valence-corrected chi connectivity index (χ2v) is 7.26. The lowest BCUT2D eigenvalue weighted by Gasteiger charge is -2.31. The molecule has 0 heterocycles. The second-order valence-electron chi connectivity index (χ2n) is 7.26. The Balaban J connectivity index is 2.65. The highest BCUT2D eigenvalue weighted by atomic mass is 14.3. The smallest absolute Gasteiger partial charge is 0.0362 e. The van der Waals surface area contributed by atoms with E-state index in [1.54, 1.807) is 0 Å². The van der Waals surface area contributed by atoms with Crippen molar-refractivity contribution in [2.45, 2.75) is 79.6 Å². The van der Waals surface area contributed by atoms with Crippen LogP contribution < -0.4 is 0 Å². The van der Waals surface area contributed by atoms with Crippen molar-refractivity contribution >= 4 is 0 Å². The van der Waals surface area contributed by atoms with Crippen molar-refractivity contribution in [2.75, 3.05) is 0 Å². The largest absolute Gasteiger partial charge is 0.0628 e. The molecule has 0 N–H and O–H groups in total. The third kappa shape index (κ3) is 5.44. The minimum Gasteiger partial charge on any atom is -0.0628 e. The summed E-state index contributed by atoms with van der Waals surface area (Å²) in [6.07, 6.45) is 10.3. The normalized spacial score (nSPS) is 32.3. The lowest BCUT2D eigenvalue weighted by Crippen LogP contribution is -2.22. The van der Waals surface area contributed by atoms with Gasteiger partial charge in [0, 0.05) is 0 Å². The van der Waals surface area contributed by atoms with E-state index >= 15 is 0 Å². The van der Waals surface area contributed by atoms with E-state index in [-0.39, 0.29) is 0 Å². The van der Waals surface area contributed by atoms with Gasteiger partial charge in [-0.05, 0) is 42.4 Å². The van der Waals surface area contributed by atoms with E-state index < -0.39 is 0 Å². The van der Waals surface area contributed by atoms with Crippen molar-refractivity contribution in [1.29, 1.82) is 0 Å². The lowest BCUT2D eigenvalue weighted by molar-refractivity contribution is 0.189. The maximum atomic E-state index is 2.46. The summed E-state index contributed by atoms with van der Waals surface area (Å²) in [5.74, 6) is 4.70. The molecule has 0 aliphatic heterocycles. The van der Waals surface area contributed by atoms with Gasteiger partial charge in [0.1, 0.15) is 0 Å². The van der Waals surface area contributed by atoms with Crippen LogP contribution in [-0.2, 0) is 0 Å². The van der Waals surface area contributed by atoms with E-state index in [1.165, 1.54) is 44.9 Å². The summed E-state index contributed by atoms with van der Waals surface area (Å²) in [5, 5.41) is 0. The fourth-order valence-corrected chi connectivity index (χ4v) is 3.75. The Labute approximate surface area is 110 Å². The van der Waals surface area contributed by atoms with Gasteiger partial charge in [-0.3, -0.25) is 0 Å². The van der Waals surface area contributed by atoms with Crippen LogP contribution in [0.2, 0.25) is 0 Å². The topological polar surface area (TPSA) is 0 Å². The molecule has 0 nitrogen and oxygen atoms in total. The fourth-order valence-electron chi connectivity index (χ4n) is 3.75. The van der Waals surface area contributed by atoms with Gasteiger partial charge in [0.15, 0.2) is 0 Å². The first-order valence-corrected chi connectivity index (χ1v) is 8.00. The minimum absolute atomic E-state index is 0.874. The zero-order chi connectivity index (χ0) is 12.8. The summed E-state index contributed by atoms with van der Waals surface area (Å²) in [7, 11) is 0. The molecule has 0 bridgehead atoms. The van der Waals surface area contributed by atoms with Crippen LogP contribution in [0.1, 0.15) is 79.6 Å². The van der Waals surface area contributed by atoms with Gasteiger partial charge in [0.2, 0.25) is 0 Å². The van der Waals surface area contributed by atoms with Crippen molar-refractivity contribution in [3.05, 3.63) is 0 Å². The number of hydrogen-bond acceptors (Lipinski definition) is 0. The molecule has 0 amide bonds. The molecule has 17 heavy (non-hydrogen) atoms. The zero-order valence-corrected chi connectivity index (χ0v) is 12.8. The summed E-state index contributed by atoms with van der Waals surface area (Å²) >= 11 is 0. The van der Waals surface area contributed by atoms with Gasteiger partial charge >= 0.3 is 0 Å². The first-order chi connectivity index (χ1) is 8.00. The van der Waals surface area contributed by atoms with E-state index in [9.17, 15) is 0 Å². The lowest BCUT2D eigenvalue weighted by atomic mass is 9.74. The molecule has 0 saturated heterocycles. The van der Waals surface area contributed by atoms with Gasteiger partial charge in [-0.1, -0.05) is 66.7 Å². The number of rotatable bonds is 3. The molecule has 0 heteroatoms. The molecular weight excluding hydrogens is 204 g/mol. The molecule has 3 atom stereocenters. The van der Waals surface area contributed by atoms with Crippen LogP contribution in [0.4, 0.5) is 0 Å². The van der Waals surface area contributed by atoms with Crippen LogP contribution in [0.25, 0.3) is 0 Å². The zero-order valence-electron chi connectivity index (χ0n) is 12.8. The molecule has 0 aromatic carbocycles. The Hall–Kier alpha value is 0. The molecule has 1 rings (SSSR count). The van der Waals surface area contributed by atoms with E-state index in [4.69, 9.17) is 0 Å². The highest BCUT2D eigenvalue weighted by Crippen LogP contribution is 2.37. The average molecular weight is 238 g/mol. The van der Waals surface area contributed by atoms with Gasteiger partial charge in [-0.25, -0.2) is 0 Å². The Kier molecular flexibility index (Phi) is 6.59. The molecule has 1 fully saturated rings. The SMILES string of the molecule is CC(C)CC1CCCCC(C)CCC1C(C)C. The molecular formula is C17H34. The standard InChI is InChI=1S/C17H34/c1-13(2)12-16-9-7-6-8-15(5)10-11-17(16)14(3)4/h13-17H,6-12H2,1-5H3. The highest BCUT2D eigenvalue weighted by Gasteiger charge is 2.26. The van der Waals surface area contributed by atoms with Gasteiger partial charge in [0.25, 0.3) is 0 Å². The summed E-state index contributed by atoms with van der Waals surface area (Å²) in [6, 6.07) is 0. The van der Waals surface area contributed by atoms with Crippen LogP contribution >= 0.6 is 0 Å².